The lowest BCUT2D eigenvalue weighted by Crippen LogP contribution is -2.31. The highest BCUT2D eigenvalue weighted by Gasteiger charge is 2.37. The van der Waals surface area contributed by atoms with Gasteiger partial charge in [0.05, 0.1) is 6.10 Å². The van der Waals surface area contributed by atoms with Crippen LogP contribution >= 0.6 is 0 Å². The zero-order valence-electron chi connectivity index (χ0n) is 7.54. The molecule has 1 aliphatic carbocycles. The van der Waals surface area contributed by atoms with E-state index < -0.39 is 0 Å². The van der Waals surface area contributed by atoms with Gasteiger partial charge in [0, 0.05) is 19.1 Å². The van der Waals surface area contributed by atoms with Crippen molar-refractivity contribution in [1.29, 1.82) is 0 Å². The maximum absolute atomic E-state index is 9.21. The van der Waals surface area contributed by atoms with E-state index in [2.05, 4.69) is 0 Å². The Bertz CT molecular complexity index is 137. The Morgan fingerprint density at radius 1 is 1.25 bits per heavy atom. The van der Waals surface area contributed by atoms with Gasteiger partial charge in [-0.05, 0) is 38.0 Å². The summed E-state index contributed by atoms with van der Waals surface area (Å²) in [6.07, 6.45) is 6.65. The van der Waals surface area contributed by atoms with Crippen molar-refractivity contribution in [3.63, 3.8) is 0 Å². The lowest BCUT2D eigenvalue weighted by Gasteiger charge is -2.29. The van der Waals surface area contributed by atoms with Crippen LogP contribution in [0.15, 0.2) is 0 Å². The number of aliphatic hydroxyl groups excluding tert-OH is 1. The third-order valence-corrected chi connectivity index (χ3v) is 3.13. The molecule has 1 saturated heterocycles. The van der Waals surface area contributed by atoms with Gasteiger partial charge >= 0.3 is 0 Å². The van der Waals surface area contributed by atoms with Crippen molar-refractivity contribution in [2.45, 2.75) is 38.2 Å². The summed E-state index contributed by atoms with van der Waals surface area (Å²) in [6, 6.07) is 0. The maximum Gasteiger partial charge on any atom is 0.0627 e. The van der Waals surface area contributed by atoms with Gasteiger partial charge in [-0.2, -0.15) is 0 Å². The van der Waals surface area contributed by atoms with Crippen molar-refractivity contribution < 1.29 is 9.84 Å². The van der Waals surface area contributed by atoms with E-state index in [0.29, 0.717) is 18.6 Å². The average molecular weight is 170 g/mol. The Hall–Kier alpha value is -0.0800. The van der Waals surface area contributed by atoms with Crippen molar-refractivity contribution in [3.8, 4) is 0 Å². The fourth-order valence-corrected chi connectivity index (χ4v) is 2.20. The molecule has 70 valence electrons. The van der Waals surface area contributed by atoms with E-state index in [4.69, 9.17) is 4.74 Å². The Kier molecular flexibility index (Phi) is 2.66. The molecule has 1 heterocycles. The summed E-state index contributed by atoms with van der Waals surface area (Å²) in [5, 5.41) is 9.21. The van der Waals surface area contributed by atoms with E-state index in [1.807, 2.05) is 0 Å². The van der Waals surface area contributed by atoms with Crippen LogP contribution < -0.4 is 0 Å². The third kappa shape index (κ3) is 1.80. The normalized spacial score (nSPS) is 33.2. The van der Waals surface area contributed by atoms with Gasteiger partial charge in [0.2, 0.25) is 0 Å². The molecule has 1 saturated carbocycles. The highest BCUT2D eigenvalue weighted by atomic mass is 16.5. The molecule has 2 unspecified atom stereocenters. The maximum atomic E-state index is 9.21. The Balaban J connectivity index is 1.85. The number of hydrogen-bond donors (Lipinski definition) is 1. The fourth-order valence-electron chi connectivity index (χ4n) is 2.20. The van der Waals surface area contributed by atoms with Crippen LogP contribution in [0.1, 0.15) is 32.1 Å². The fraction of sp³-hybridized carbons (Fsp3) is 1.00. The third-order valence-electron chi connectivity index (χ3n) is 3.13. The topological polar surface area (TPSA) is 29.5 Å². The van der Waals surface area contributed by atoms with E-state index >= 15 is 0 Å². The molecule has 2 aliphatic rings. The van der Waals surface area contributed by atoms with Gasteiger partial charge in [-0.25, -0.2) is 0 Å². The van der Waals surface area contributed by atoms with Gasteiger partial charge in [0.1, 0.15) is 0 Å². The standard InChI is InChI=1S/C10H18O2/c11-7-9(8-4-5-8)10-3-1-2-6-12-10/h8-11H,1-7H2. The Morgan fingerprint density at radius 2 is 2.08 bits per heavy atom. The molecule has 1 N–H and O–H groups in total. The van der Waals surface area contributed by atoms with Gasteiger partial charge in [0.15, 0.2) is 0 Å². The van der Waals surface area contributed by atoms with E-state index in [0.717, 1.165) is 12.5 Å². The Labute approximate surface area is 73.9 Å². The minimum Gasteiger partial charge on any atom is -0.396 e. The molecule has 2 nitrogen and oxygen atoms in total. The predicted molar refractivity (Wildman–Crippen MR) is 46.9 cm³/mol. The summed E-state index contributed by atoms with van der Waals surface area (Å²) < 4.78 is 5.67. The molecule has 0 aromatic heterocycles. The van der Waals surface area contributed by atoms with Crippen LogP contribution in [0, 0.1) is 11.8 Å². The summed E-state index contributed by atoms with van der Waals surface area (Å²) in [7, 11) is 0. The first-order valence-corrected chi connectivity index (χ1v) is 5.14. The zero-order chi connectivity index (χ0) is 8.39. The minimum absolute atomic E-state index is 0.329. The molecule has 0 aromatic carbocycles. The molecular weight excluding hydrogens is 152 g/mol. The van der Waals surface area contributed by atoms with E-state index in [1.165, 1.54) is 32.1 Å². The quantitative estimate of drug-likeness (QED) is 0.696. The number of rotatable bonds is 3. The monoisotopic (exact) mass is 170 g/mol. The molecule has 0 radical (unpaired) electrons. The summed E-state index contributed by atoms with van der Waals surface area (Å²) in [4.78, 5) is 0. The van der Waals surface area contributed by atoms with E-state index in [-0.39, 0.29) is 0 Å². The molecular formula is C10H18O2. The molecule has 2 heteroatoms. The lowest BCUT2D eigenvalue weighted by atomic mass is 9.92. The van der Waals surface area contributed by atoms with Crippen LogP contribution in [0.5, 0.6) is 0 Å². The van der Waals surface area contributed by atoms with E-state index in [1.54, 1.807) is 0 Å². The molecule has 1 aliphatic heterocycles. The van der Waals surface area contributed by atoms with Crippen molar-refractivity contribution in [3.05, 3.63) is 0 Å². The van der Waals surface area contributed by atoms with Gasteiger partial charge in [-0.15, -0.1) is 0 Å². The largest absolute Gasteiger partial charge is 0.396 e. The summed E-state index contributed by atoms with van der Waals surface area (Å²) in [5.41, 5.74) is 0. The molecule has 2 rings (SSSR count). The number of aliphatic hydroxyl groups is 1. The van der Waals surface area contributed by atoms with Gasteiger partial charge < -0.3 is 9.84 Å². The average Bonchev–Trinajstić information content (AvgIpc) is 2.92. The van der Waals surface area contributed by atoms with Crippen molar-refractivity contribution in [2.24, 2.45) is 11.8 Å². The minimum atomic E-state index is 0.329. The molecule has 0 amide bonds. The highest BCUT2D eigenvalue weighted by molar-refractivity contribution is 4.86. The lowest BCUT2D eigenvalue weighted by molar-refractivity contribution is -0.0420. The van der Waals surface area contributed by atoms with Crippen LogP contribution in [0.3, 0.4) is 0 Å². The molecule has 0 bridgehead atoms. The van der Waals surface area contributed by atoms with Crippen LogP contribution in [0.4, 0.5) is 0 Å². The van der Waals surface area contributed by atoms with Crippen molar-refractivity contribution in [2.75, 3.05) is 13.2 Å². The van der Waals surface area contributed by atoms with Gasteiger partial charge in [-0.1, -0.05) is 0 Å². The van der Waals surface area contributed by atoms with Crippen LogP contribution in [-0.4, -0.2) is 24.4 Å². The summed E-state index contributed by atoms with van der Waals surface area (Å²) in [5.74, 6) is 1.23. The number of hydrogen-bond acceptors (Lipinski definition) is 2. The molecule has 0 spiro atoms. The smallest absolute Gasteiger partial charge is 0.0627 e. The zero-order valence-corrected chi connectivity index (χ0v) is 7.54. The number of ether oxygens (including phenoxy) is 1. The first-order valence-electron chi connectivity index (χ1n) is 5.14. The highest BCUT2D eigenvalue weighted by Crippen LogP contribution is 2.40. The van der Waals surface area contributed by atoms with Crippen molar-refractivity contribution >= 4 is 0 Å². The molecule has 2 atom stereocenters. The molecule has 2 fully saturated rings. The summed E-state index contributed by atoms with van der Waals surface area (Å²) in [6.45, 7) is 1.24. The van der Waals surface area contributed by atoms with E-state index in [9.17, 15) is 5.11 Å². The summed E-state index contributed by atoms with van der Waals surface area (Å²) >= 11 is 0. The van der Waals surface area contributed by atoms with Gasteiger partial charge in [-0.3, -0.25) is 0 Å². The Morgan fingerprint density at radius 3 is 2.58 bits per heavy atom. The second-order valence-corrected chi connectivity index (χ2v) is 4.09. The second kappa shape index (κ2) is 3.75. The predicted octanol–water partition coefficient (Wildman–Crippen LogP) is 1.57. The van der Waals surface area contributed by atoms with Crippen LogP contribution in [0.25, 0.3) is 0 Å². The van der Waals surface area contributed by atoms with Gasteiger partial charge in [0.25, 0.3) is 0 Å². The molecule has 12 heavy (non-hydrogen) atoms. The second-order valence-electron chi connectivity index (χ2n) is 4.09. The SMILES string of the molecule is OCC(C1CC1)C1CCCCO1. The van der Waals surface area contributed by atoms with Crippen LogP contribution in [0.2, 0.25) is 0 Å². The first kappa shape index (κ1) is 8.52. The molecule has 0 aromatic rings. The first-order chi connectivity index (χ1) is 5.92. The van der Waals surface area contributed by atoms with Crippen LogP contribution in [-0.2, 0) is 4.74 Å². The van der Waals surface area contributed by atoms with Crippen molar-refractivity contribution in [1.82, 2.24) is 0 Å².